The molecule has 16 heavy (non-hydrogen) atoms. The number of carboxylic acid groups (broad SMARTS) is 1. The van der Waals surface area contributed by atoms with Crippen LogP contribution in [0.25, 0.3) is 0 Å². The minimum Gasteiger partial charge on any atom is -0.480 e. The van der Waals surface area contributed by atoms with Crippen LogP contribution in [0, 0.1) is 0 Å². The van der Waals surface area contributed by atoms with Gasteiger partial charge in [0, 0.05) is 6.42 Å². The summed E-state index contributed by atoms with van der Waals surface area (Å²) in [5, 5.41) is 11.1. The molecule has 0 aromatic rings. The van der Waals surface area contributed by atoms with Crippen LogP contribution in [0.1, 0.15) is 27.2 Å². The third-order valence-electron chi connectivity index (χ3n) is 1.41. The van der Waals surface area contributed by atoms with Gasteiger partial charge in [-0.25, -0.2) is 9.59 Å². The monoisotopic (exact) mass is 293 g/mol. The zero-order chi connectivity index (χ0) is 12.9. The summed E-state index contributed by atoms with van der Waals surface area (Å²) in [5.41, 5.74) is -0.654. The lowest BCUT2D eigenvalue weighted by atomic mass is 10.2. The molecule has 0 aliphatic rings. The molecule has 0 saturated heterocycles. The van der Waals surface area contributed by atoms with Gasteiger partial charge in [-0.2, -0.15) is 0 Å². The SMILES string of the molecule is C=C(Br)C[C@@H](NC(=O)OC(C)(C)C)C(=O)O. The van der Waals surface area contributed by atoms with E-state index in [1.54, 1.807) is 20.8 Å². The quantitative estimate of drug-likeness (QED) is 0.834. The van der Waals surface area contributed by atoms with Gasteiger partial charge in [-0.1, -0.05) is 22.5 Å². The highest BCUT2D eigenvalue weighted by Crippen LogP contribution is 2.12. The van der Waals surface area contributed by atoms with Crippen LogP contribution < -0.4 is 5.32 Å². The second kappa shape index (κ2) is 5.89. The zero-order valence-corrected chi connectivity index (χ0v) is 11.1. The van der Waals surface area contributed by atoms with Crippen molar-refractivity contribution in [1.82, 2.24) is 5.32 Å². The molecule has 0 fully saturated rings. The number of carboxylic acids is 1. The molecule has 0 unspecified atom stereocenters. The number of ether oxygens (including phenoxy) is 1. The summed E-state index contributed by atoms with van der Waals surface area (Å²) in [5.74, 6) is -1.13. The van der Waals surface area contributed by atoms with Crippen molar-refractivity contribution in [2.24, 2.45) is 0 Å². The summed E-state index contributed by atoms with van der Waals surface area (Å²) in [6, 6.07) is -1.04. The minimum atomic E-state index is -1.13. The van der Waals surface area contributed by atoms with E-state index in [-0.39, 0.29) is 6.42 Å². The Morgan fingerprint density at radius 2 is 2.00 bits per heavy atom. The molecule has 0 radical (unpaired) electrons. The molecule has 0 aliphatic heterocycles. The molecule has 0 bridgehead atoms. The first-order chi connectivity index (χ1) is 7.11. The van der Waals surface area contributed by atoms with E-state index in [0.29, 0.717) is 4.48 Å². The molecule has 0 aliphatic carbocycles. The van der Waals surface area contributed by atoms with Crippen LogP contribution in [0.15, 0.2) is 11.1 Å². The Kier molecular flexibility index (Phi) is 5.50. The summed E-state index contributed by atoms with van der Waals surface area (Å²) in [6.07, 6.45) is -0.650. The number of hydrogen-bond donors (Lipinski definition) is 2. The van der Waals surface area contributed by atoms with Crippen molar-refractivity contribution in [3.05, 3.63) is 11.1 Å². The van der Waals surface area contributed by atoms with Crippen molar-refractivity contribution >= 4 is 28.0 Å². The maximum atomic E-state index is 11.3. The van der Waals surface area contributed by atoms with Crippen molar-refractivity contribution in [3.8, 4) is 0 Å². The summed E-state index contributed by atoms with van der Waals surface area (Å²) in [4.78, 5) is 22.1. The van der Waals surface area contributed by atoms with Crippen LogP contribution in [-0.4, -0.2) is 28.8 Å². The molecule has 92 valence electrons. The molecule has 2 N–H and O–H groups in total. The van der Waals surface area contributed by atoms with E-state index in [9.17, 15) is 9.59 Å². The highest BCUT2D eigenvalue weighted by molar-refractivity contribution is 9.11. The average Bonchev–Trinajstić information content (AvgIpc) is 1.97. The maximum Gasteiger partial charge on any atom is 0.408 e. The van der Waals surface area contributed by atoms with Crippen molar-refractivity contribution < 1.29 is 19.4 Å². The number of nitrogens with one attached hydrogen (secondary N) is 1. The van der Waals surface area contributed by atoms with Gasteiger partial charge in [-0.05, 0) is 25.3 Å². The Balaban J connectivity index is 4.35. The van der Waals surface area contributed by atoms with Gasteiger partial charge in [0.15, 0.2) is 0 Å². The molecule has 0 rings (SSSR count). The first-order valence-corrected chi connectivity index (χ1v) is 5.46. The van der Waals surface area contributed by atoms with Gasteiger partial charge in [0.25, 0.3) is 0 Å². The molecular weight excluding hydrogens is 278 g/mol. The lowest BCUT2D eigenvalue weighted by Crippen LogP contribution is -2.43. The second-order valence-corrected chi connectivity index (χ2v) is 5.38. The number of hydrogen-bond acceptors (Lipinski definition) is 3. The molecule has 5 nitrogen and oxygen atoms in total. The van der Waals surface area contributed by atoms with Crippen molar-refractivity contribution in [3.63, 3.8) is 0 Å². The molecule has 6 heteroatoms. The van der Waals surface area contributed by atoms with E-state index in [2.05, 4.69) is 27.8 Å². The fourth-order valence-electron chi connectivity index (χ4n) is 0.871. The third-order valence-corrected chi connectivity index (χ3v) is 1.74. The predicted octanol–water partition coefficient (Wildman–Crippen LogP) is 2.26. The van der Waals surface area contributed by atoms with Crippen molar-refractivity contribution in [1.29, 1.82) is 0 Å². The number of aliphatic carboxylic acids is 1. The van der Waals surface area contributed by atoms with Gasteiger partial charge in [0.1, 0.15) is 11.6 Å². The van der Waals surface area contributed by atoms with Gasteiger partial charge in [0.05, 0.1) is 0 Å². The van der Waals surface area contributed by atoms with Gasteiger partial charge in [-0.3, -0.25) is 0 Å². The second-order valence-electron chi connectivity index (χ2n) is 4.26. The van der Waals surface area contributed by atoms with E-state index in [0.717, 1.165) is 0 Å². The molecule has 0 heterocycles. The van der Waals surface area contributed by atoms with Crippen LogP contribution in [0.3, 0.4) is 0 Å². The number of amides is 1. The van der Waals surface area contributed by atoms with Gasteiger partial charge in [0.2, 0.25) is 0 Å². The van der Waals surface area contributed by atoms with E-state index in [1.807, 2.05) is 0 Å². The molecule has 0 saturated carbocycles. The Hall–Kier alpha value is -1.04. The van der Waals surface area contributed by atoms with Crippen LogP contribution in [-0.2, 0) is 9.53 Å². The molecular formula is C10H16BrNO4. The Labute approximate surface area is 103 Å². The van der Waals surface area contributed by atoms with Crippen LogP contribution >= 0.6 is 15.9 Å². The number of carbonyl (C=O) groups excluding carboxylic acids is 1. The predicted molar refractivity (Wildman–Crippen MR) is 63.5 cm³/mol. The summed E-state index contributed by atoms with van der Waals surface area (Å²) in [7, 11) is 0. The van der Waals surface area contributed by atoms with Crippen LogP contribution in [0.5, 0.6) is 0 Å². The summed E-state index contributed by atoms with van der Waals surface area (Å²) >= 11 is 3.04. The fourth-order valence-corrected chi connectivity index (χ4v) is 1.20. The van der Waals surface area contributed by atoms with Crippen LogP contribution in [0.4, 0.5) is 4.79 Å². The lowest BCUT2D eigenvalue weighted by Gasteiger charge is -2.21. The Morgan fingerprint density at radius 1 is 1.50 bits per heavy atom. The van der Waals surface area contributed by atoms with Crippen molar-refractivity contribution in [2.45, 2.75) is 38.8 Å². The zero-order valence-electron chi connectivity index (χ0n) is 9.54. The van der Waals surface area contributed by atoms with Crippen molar-refractivity contribution in [2.75, 3.05) is 0 Å². The smallest absolute Gasteiger partial charge is 0.408 e. The van der Waals surface area contributed by atoms with Gasteiger partial charge >= 0.3 is 12.1 Å². The van der Waals surface area contributed by atoms with Crippen LogP contribution in [0.2, 0.25) is 0 Å². The van der Waals surface area contributed by atoms with E-state index >= 15 is 0 Å². The summed E-state index contributed by atoms with van der Waals surface area (Å²) in [6.45, 7) is 8.62. The molecule has 1 atom stereocenters. The number of carbonyl (C=O) groups is 2. The topological polar surface area (TPSA) is 75.6 Å². The Bertz CT molecular complexity index is 296. The standard InChI is InChI=1S/C10H16BrNO4/c1-6(11)5-7(8(13)14)12-9(15)16-10(2,3)4/h7H,1,5H2,2-4H3,(H,12,15)(H,13,14)/t7-/m1/s1. The first kappa shape index (κ1) is 15.0. The van der Waals surface area contributed by atoms with E-state index in [4.69, 9.17) is 9.84 Å². The van der Waals surface area contributed by atoms with E-state index < -0.39 is 23.7 Å². The highest BCUT2D eigenvalue weighted by atomic mass is 79.9. The lowest BCUT2D eigenvalue weighted by molar-refractivity contribution is -0.139. The third kappa shape index (κ3) is 7.28. The molecule has 0 aromatic heterocycles. The molecule has 1 amide bonds. The number of rotatable bonds is 4. The average molecular weight is 294 g/mol. The number of halogens is 1. The number of alkyl carbamates (subject to hydrolysis) is 1. The Morgan fingerprint density at radius 3 is 2.31 bits per heavy atom. The normalized spacial score (nSPS) is 12.8. The molecule has 0 aromatic carbocycles. The minimum absolute atomic E-state index is 0.106. The van der Waals surface area contributed by atoms with E-state index in [1.165, 1.54) is 0 Å². The first-order valence-electron chi connectivity index (χ1n) is 4.67. The summed E-state index contributed by atoms with van der Waals surface area (Å²) < 4.78 is 5.44. The fraction of sp³-hybridized carbons (Fsp3) is 0.600. The largest absolute Gasteiger partial charge is 0.480 e. The highest BCUT2D eigenvalue weighted by Gasteiger charge is 2.23. The molecule has 0 spiro atoms. The van der Waals surface area contributed by atoms with Gasteiger partial charge in [-0.15, -0.1) is 0 Å². The maximum absolute atomic E-state index is 11.3. The van der Waals surface area contributed by atoms with Gasteiger partial charge < -0.3 is 15.2 Å².